The number of rotatable bonds is 6. The molecule has 0 aromatic carbocycles. The van der Waals surface area contributed by atoms with Crippen molar-refractivity contribution in [2.75, 3.05) is 6.54 Å². The quantitative estimate of drug-likeness (QED) is 0.840. The van der Waals surface area contributed by atoms with Crippen LogP contribution < -0.4 is 11.1 Å². The number of aromatic nitrogens is 2. The lowest BCUT2D eigenvalue weighted by Gasteiger charge is -2.33. The van der Waals surface area contributed by atoms with Gasteiger partial charge >= 0.3 is 0 Å². The Labute approximate surface area is 127 Å². The van der Waals surface area contributed by atoms with E-state index in [-0.39, 0.29) is 5.91 Å². The first-order valence-electron chi connectivity index (χ1n) is 7.98. The summed E-state index contributed by atoms with van der Waals surface area (Å²) in [6.07, 6.45) is 3.93. The summed E-state index contributed by atoms with van der Waals surface area (Å²) in [5, 5.41) is 7.96. The third kappa shape index (κ3) is 2.84. The van der Waals surface area contributed by atoms with Gasteiger partial charge in [-0.25, -0.2) is 0 Å². The number of primary amides is 1. The molecule has 1 fully saturated rings. The van der Waals surface area contributed by atoms with Crippen molar-refractivity contribution >= 4 is 5.91 Å². The van der Waals surface area contributed by atoms with Crippen LogP contribution >= 0.6 is 0 Å². The van der Waals surface area contributed by atoms with Gasteiger partial charge in [-0.3, -0.25) is 9.48 Å². The van der Waals surface area contributed by atoms with Crippen LogP contribution in [-0.4, -0.2) is 27.8 Å². The molecule has 0 bridgehead atoms. The van der Waals surface area contributed by atoms with Crippen LogP contribution in [0.4, 0.5) is 0 Å². The Hall–Kier alpha value is -1.36. The second-order valence-corrected chi connectivity index (χ2v) is 6.26. The molecule has 21 heavy (non-hydrogen) atoms. The number of carbonyl (C=O) groups excluding carboxylic acids is 1. The van der Waals surface area contributed by atoms with E-state index >= 15 is 0 Å². The first-order chi connectivity index (χ1) is 9.92. The van der Waals surface area contributed by atoms with Gasteiger partial charge in [-0.2, -0.15) is 5.10 Å². The number of amides is 1. The number of nitrogens with two attached hydrogens (primary N) is 1. The predicted molar refractivity (Wildman–Crippen MR) is 84.0 cm³/mol. The van der Waals surface area contributed by atoms with Crippen LogP contribution in [0.25, 0.3) is 0 Å². The van der Waals surface area contributed by atoms with E-state index in [2.05, 4.69) is 28.9 Å². The van der Waals surface area contributed by atoms with E-state index in [1.807, 2.05) is 13.8 Å². The van der Waals surface area contributed by atoms with Crippen LogP contribution in [0.3, 0.4) is 0 Å². The van der Waals surface area contributed by atoms with Crippen LogP contribution in [0.2, 0.25) is 0 Å². The molecule has 1 aromatic heterocycles. The van der Waals surface area contributed by atoms with E-state index in [4.69, 9.17) is 5.73 Å². The lowest BCUT2D eigenvalue weighted by atomic mass is 9.83. The molecule has 2 unspecified atom stereocenters. The van der Waals surface area contributed by atoms with Gasteiger partial charge in [-0.05, 0) is 58.1 Å². The molecule has 2 atom stereocenters. The van der Waals surface area contributed by atoms with E-state index in [9.17, 15) is 4.79 Å². The van der Waals surface area contributed by atoms with E-state index in [0.717, 1.165) is 44.5 Å². The van der Waals surface area contributed by atoms with Gasteiger partial charge in [0.2, 0.25) is 5.91 Å². The second-order valence-electron chi connectivity index (χ2n) is 6.26. The Kier molecular flexibility index (Phi) is 4.71. The zero-order valence-corrected chi connectivity index (χ0v) is 13.7. The molecular weight excluding hydrogens is 264 g/mol. The van der Waals surface area contributed by atoms with Gasteiger partial charge in [0.1, 0.15) is 5.54 Å². The zero-order valence-electron chi connectivity index (χ0n) is 13.7. The Bertz CT molecular complexity index is 523. The average molecular weight is 292 g/mol. The fourth-order valence-electron chi connectivity index (χ4n) is 3.71. The van der Waals surface area contributed by atoms with Gasteiger partial charge < -0.3 is 11.1 Å². The highest BCUT2D eigenvalue weighted by Gasteiger charge is 2.46. The van der Waals surface area contributed by atoms with E-state index in [0.29, 0.717) is 5.92 Å². The summed E-state index contributed by atoms with van der Waals surface area (Å²) in [4.78, 5) is 12.0. The average Bonchev–Trinajstić information content (AvgIpc) is 2.95. The third-order valence-electron chi connectivity index (χ3n) is 5.19. The Morgan fingerprint density at radius 3 is 2.71 bits per heavy atom. The lowest BCUT2D eigenvalue weighted by molar-refractivity contribution is -0.126. The van der Waals surface area contributed by atoms with Crippen molar-refractivity contribution in [3.8, 4) is 0 Å². The number of aryl methyl sites for hydroxylation is 2. The highest BCUT2D eigenvalue weighted by atomic mass is 16.1. The third-order valence-corrected chi connectivity index (χ3v) is 5.19. The minimum atomic E-state index is -0.514. The van der Waals surface area contributed by atoms with Crippen molar-refractivity contribution in [1.82, 2.24) is 15.1 Å². The highest BCUT2D eigenvalue weighted by Crippen LogP contribution is 2.38. The first kappa shape index (κ1) is 16.0. The van der Waals surface area contributed by atoms with Crippen molar-refractivity contribution in [2.45, 2.75) is 65.5 Å². The Balaban J connectivity index is 2.11. The van der Waals surface area contributed by atoms with Crippen molar-refractivity contribution in [3.63, 3.8) is 0 Å². The maximum Gasteiger partial charge on any atom is 0.238 e. The summed E-state index contributed by atoms with van der Waals surface area (Å²) in [7, 11) is 0. The monoisotopic (exact) mass is 292 g/mol. The van der Waals surface area contributed by atoms with E-state index in [1.165, 1.54) is 11.3 Å². The fraction of sp³-hybridized carbons (Fsp3) is 0.750. The van der Waals surface area contributed by atoms with Crippen molar-refractivity contribution < 1.29 is 4.79 Å². The molecule has 0 radical (unpaired) electrons. The van der Waals surface area contributed by atoms with Gasteiger partial charge in [-0.15, -0.1) is 0 Å². The first-order valence-corrected chi connectivity index (χ1v) is 7.98. The highest BCUT2D eigenvalue weighted by molar-refractivity contribution is 5.85. The molecule has 1 aromatic rings. The number of carbonyl (C=O) groups is 1. The topological polar surface area (TPSA) is 72.9 Å². The summed E-state index contributed by atoms with van der Waals surface area (Å²) < 4.78 is 2.07. The summed E-state index contributed by atoms with van der Waals surface area (Å²) >= 11 is 0. The Morgan fingerprint density at radius 2 is 2.19 bits per heavy atom. The summed E-state index contributed by atoms with van der Waals surface area (Å²) in [5.41, 5.74) is 8.77. The summed E-state index contributed by atoms with van der Waals surface area (Å²) in [6.45, 7) is 9.92. The Morgan fingerprint density at radius 1 is 1.48 bits per heavy atom. The van der Waals surface area contributed by atoms with Crippen LogP contribution in [0.15, 0.2) is 0 Å². The lowest BCUT2D eigenvalue weighted by Crippen LogP contribution is -2.58. The molecule has 0 aliphatic heterocycles. The maximum absolute atomic E-state index is 12.0. The molecule has 1 aliphatic carbocycles. The summed E-state index contributed by atoms with van der Waals surface area (Å²) in [6, 6.07) is 0. The molecular formula is C16H28N4O. The number of nitrogens with zero attached hydrogens (tertiary/aromatic N) is 2. The number of nitrogens with one attached hydrogen (secondary N) is 1. The molecule has 5 nitrogen and oxygen atoms in total. The molecule has 1 amide bonds. The molecule has 0 spiro atoms. The number of hydrogen-bond donors (Lipinski definition) is 2. The van der Waals surface area contributed by atoms with E-state index in [1.54, 1.807) is 0 Å². The fourth-order valence-corrected chi connectivity index (χ4v) is 3.71. The standard InChI is InChI=1S/C16H28N4O/c1-5-18-16(15(17)21)9-6-7-14(16)8-10-20-13(4)11(2)12(3)19-20/h14,18H,5-10H2,1-4H3,(H2,17,21). The van der Waals surface area contributed by atoms with Crippen LogP contribution in [-0.2, 0) is 11.3 Å². The second kappa shape index (κ2) is 6.18. The van der Waals surface area contributed by atoms with Gasteiger partial charge in [0.05, 0.1) is 5.69 Å². The number of likely N-dealkylation sites (N-methyl/N-ethyl adjacent to an activating group) is 1. The molecule has 1 aliphatic rings. The molecule has 0 saturated heterocycles. The normalized spacial score (nSPS) is 25.4. The molecule has 1 saturated carbocycles. The van der Waals surface area contributed by atoms with Crippen molar-refractivity contribution in [1.29, 1.82) is 0 Å². The van der Waals surface area contributed by atoms with Crippen molar-refractivity contribution in [2.24, 2.45) is 11.7 Å². The van der Waals surface area contributed by atoms with Crippen molar-refractivity contribution in [3.05, 3.63) is 17.0 Å². The van der Waals surface area contributed by atoms with Crippen LogP contribution in [0.5, 0.6) is 0 Å². The molecule has 2 rings (SSSR count). The molecule has 3 N–H and O–H groups in total. The van der Waals surface area contributed by atoms with Gasteiger partial charge in [0, 0.05) is 12.2 Å². The molecule has 1 heterocycles. The smallest absolute Gasteiger partial charge is 0.238 e. The van der Waals surface area contributed by atoms with Gasteiger partial charge in [0.15, 0.2) is 0 Å². The summed E-state index contributed by atoms with van der Waals surface area (Å²) in [5.74, 6) is 0.107. The SMILES string of the molecule is CCNC1(C(N)=O)CCCC1CCn1nc(C)c(C)c1C. The van der Waals surface area contributed by atoms with E-state index < -0.39 is 5.54 Å². The number of hydrogen-bond acceptors (Lipinski definition) is 3. The van der Waals surface area contributed by atoms with Gasteiger partial charge in [-0.1, -0.05) is 13.3 Å². The largest absolute Gasteiger partial charge is 0.368 e. The maximum atomic E-state index is 12.0. The minimum Gasteiger partial charge on any atom is -0.368 e. The zero-order chi connectivity index (χ0) is 15.6. The molecule has 5 heteroatoms. The van der Waals surface area contributed by atoms with Gasteiger partial charge in [0.25, 0.3) is 0 Å². The minimum absolute atomic E-state index is 0.198. The molecule has 118 valence electrons. The van der Waals surface area contributed by atoms with Crippen LogP contribution in [0, 0.1) is 26.7 Å². The predicted octanol–water partition coefficient (Wildman–Crippen LogP) is 1.83. The van der Waals surface area contributed by atoms with Crippen LogP contribution in [0.1, 0.15) is 49.6 Å².